The first-order valence-corrected chi connectivity index (χ1v) is 6.14. The molecular formula is C12H17ClN2O2. The Kier molecular flexibility index (Phi) is 4.23. The van der Waals surface area contributed by atoms with Gasteiger partial charge in [-0.3, -0.25) is 4.90 Å². The Hall–Kier alpha value is -0.810. The molecule has 94 valence electrons. The van der Waals surface area contributed by atoms with E-state index in [1.54, 1.807) is 12.1 Å². The van der Waals surface area contributed by atoms with Crippen molar-refractivity contribution in [2.24, 2.45) is 0 Å². The van der Waals surface area contributed by atoms with Gasteiger partial charge in [0.15, 0.2) is 0 Å². The Morgan fingerprint density at radius 1 is 1.35 bits per heavy atom. The topological polar surface area (TPSA) is 55.7 Å². The van der Waals surface area contributed by atoms with E-state index in [1.165, 1.54) is 0 Å². The second-order valence-corrected chi connectivity index (χ2v) is 4.60. The number of hydrogen-bond acceptors (Lipinski definition) is 4. The highest BCUT2D eigenvalue weighted by Gasteiger charge is 2.21. The number of aliphatic hydroxyl groups excluding tert-OH is 1. The van der Waals surface area contributed by atoms with E-state index in [0.29, 0.717) is 5.02 Å². The highest BCUT2D eigenvalue weighted by Crippen LogP contribution is 2.29. The zero-order chi connectivity index (χ0) is 12.3. The molecule has 1 aliphatic heterocycles. The summed E-state index contributed by atoms with van der Waals surface area (Å²) in [7, 11) is 0. The van der Waals surface area contributed by atoms with Crippen molar-refractivity contribution >= 4 is 11.6 Å². The molecule has 17 heavy (non-hydrogen) atoms. The summed E-state index contributed by atoms with van der Waals surface area (Å²) in [5.74, 6) is 0.0763. The van der Waals surface area contributed by atoms with Gasteiger partial charge >= 0.3 is 0 Å². The van der Waals surface area contributed by atoms with Gasteiger partial charge in [-0.15, -0.1) is 0 Å². The predicted molar refractivity (Wildman–Crippen MR) is 67.4 cm³/mol. The number of rotatable bonds is 3. The second-order valence-electron chi connectivity index (χ2n) is 4.20. The van der Waals surface area contributed by atoms with Crippen molar-refractivity contribution in [2.45, 2.75) is 6.04 Å². The lowest BCUT2D eigenvalue weighted by Gasteiger charge is -2.34. The average Bonchev–Trinajstić information content (AvgIpc) is 2.36. The number of aromatic hydroxyl groups is 1. The summed E-state index contributed by atoms with van der Waals surface area (Å²) >= 11 is 5.89. The standard InChI is InChI=1S/C12H17ClN2O2/c13-10-7-9(1-2-12(10)17)11(8-16)15-5-3-14-4-6-15/h1-2,7,11,14,16-17H,3-6,8H2. The Morgan fingerprint density at radius 2 is 2.06 bits per heavy atom. The Morgan fingerprint density at radius 3 is 2.65 bits per heavy atom. The van der Waals surface area contributed by atoms with Gasteiger partial charge in [0.05, 0.1) is 17.7 Å². The van der Waals surface area contributed by atoms with Gasteiger partial charge in [0, 0.05) is 26.2 Å². The van der Waals surface area contributed by atoms with E-state index < -0.39 is 0 Å². The van der Waals surface area contributed by atoms with Crippen LogP contribution in [-0.2, 0) is 0 Å². The lowest BCUT2D eigenvalue weighted by Crippen LogP contribution is -2.46. The molecule has 0 aromatic heterocycles. The summed E-state index contributed by atoms with van der Waals surface area (Å²) in [4.78, 5) is 2.22. The molecule has 1 atom stereocenters. The Bertz CT molecular complexity index is 381. The van der Waals surface area contributed by atoms with Crippen LogP contribution in [-0.4, -0.2) is 47.9 Å². The highest BCUT2D eigenvalue weighted by atomic mass is 35.5. The van der Waals surface area contributed by atoms with Crippen LogP contribution in [0.25, 0.3) is 0 Å². The average molecular weight is 257 g/mol. The van der Waals surface area contributed by atoms with Crippen molar-refractivity contribution in [1.82, 2.24) is 10.2 Å². The summed E-state index contributed by atoms with van der Waals surface area (Å²) in [6.07, 6.45) is 0. The van der Waals surface area contributed by atoms with E-state index in [-0.39, 0.29) is 18.4 Å². The number of aliphatic hydroxyl groups is 1. The Labute approximate surface area is 106 Å². The van der Waals surface area contributed by atoms with E-state index in [0.717, 1.165) is 31.7 Å². The third-order valence-electron chi connectivity index (χ3n) is 3.12. The number of benzene rings is 1. The lowest BCUT2D eigenvalue weighted by molar-refractivity contribution is 0.111. The van der Waals surface area contributed by atoms with Gasteiger partial charge < -0.3 is 15.5 Å². The molecule has 0 aliphatic carbocycles. The molecular weight excluding hydrogens is 240 g/mol. The molecule has 4 nitrogen and oxygen atoms in total. The molecule has 5 heteroatoms. The summed E-state index contributed by atoms with van der Waals surface area (Å²) in [5, 5.41) is 22.5. The van der Waals surface area contributed by atoms with Gasteiger partial charge in [0.25, 0.3) is 0 Å². The van der Waals surface area contributed by atoms with Crippen LogP contribution in [0.5, 0.6) is 5.75 Å². The maximum atomic E-state index is 9.52. The summed E-state index contributed by atoms with van der Waals surface area (Å²) < 4.78 is 0. The third-order valence-corrected chi connectivity index (χ3v) is 3.42. The number of phenols is 1. The second kappa shape index (κ2) is 5.69. The van der Waals surface area contributed by atoms with E-state index >= 15 is 0 Å². The monoisotopic (exact) mass is 256 g/mol. The molecule has 1 fully saturated rings. The highest BCUT2D eigenvalue weighted by molar-refractivity contribution is 6.32. The molecule has 3 N–H and O–H groups in total. The Balaban J connectivity index is 2.18. The number of piperazine rings is 1. The molecule has 0 radical (unpaired) electrons. The minimum absolute atomic E-state index is 0.0461. The van der Waals surface area contributed by atoms with E-state index in [1.807, 2.05) is 6.07 Å². The van der Waals surface area contributed by atoms with Crippen LogP contribution in [0.1, 0.15) is 11.6 Å². The van der Waals surface area contributed by atoms with Crippen LogP contribution in [0.15, 0.2) is 18.2 Å². The number of hydrogen-bond donors (Lipinski definition) is 3. The van der Waals surface area contributed by atoms with Crippen molar-refractivity contribution in [3.63, 3.8) is 0 Å². The summed E-state index contributed by atoms with van der Waals surface area (Å²) in [5.41, 5.74) is 0.942. The smallest absolute Gasteiger partial charge is 0.134 e. The number of nitrogens with zero attached hydrogens (tertiary/aromatic N) is 1. The first kappa shape index (κ1) is 12.6. The fraction of sp³-hybridized carbons (Fsp3) is 0.500. The molecule has 1 heterocycles. The maximum absolute atomic E-state index is 9.52. The zero-order valence-electron chi connectivity index (χ0n) is 9.56. The van der Waals surface area contributed by atoms with E-state index in [2.05, 4.69) is 10.2 Å². The van der Waals surface area contributed by atoms with Crippen molar-refractivity contribution in [3.05, 3.63) is 28.8 Å². The largest absolute Gasteiger partial charge is 0.506 e. The fourth-order valence-corrected chi connectivity index (χ4v) is 2.34. The van der Waals surface area contributed by atoms with Gasteiger partial charge in [0.1, 0.15) is 5.75 Å². The number of nitrogens with one attached hydrogen (secondary N) is 1. The molecule has 1 unspecified atom stereocenters. The van der Waals surface area contributed by atoms with Crippen molar-refractivity contribution in [3.8, 4) is 5.75 Å². The van der Waals surface area contributed by atoms with Crippen LogP contribution in [0, 0.1) is 0 Å². The van der Waals surface area contributed by atoms with Gasteiger partial charge in [-0.2, -0.15) is 0 Å². The molecule has 0 amide bonds. The normalized spacial score (nSPS) is 19.2. The minimum atomic E-state index is -0.0461. The molecule has 0 saturated carbocycles. The molecule has 1 aromatic rings. The van der Waals surface area contributed by atoms with Gasteiger partial charge in [-0.1, -0.05) is 17.7 Å². The number of phenolic OH excluding ortho intramolecular Hbond substituents is 1. The van der Waals surface area contributed by atoms with Crippen molar-refractivity contribution in [2.75, 3.05) is 32.8 Å². The summed E-state index contributed by atoms with van der Waals surface area (Å²) in [6.45, 7) is 3.74. The van der Waals surface area contributed by atoms with Crippen LogP contribution in [0.2, 0.25) is 5.02 Å². The third kappa shape index (κ3) is 2.90. The quantitative estimate of drug-likeness (QED) is 0.755. The molecule has 0 spiro atoms. The van der Waals surface area contributed by atoms with Crippen molar-refractivity contribution in [1.29, 1.82) is 0 Å². The zero-order valence-corrected chi connectivity index (χ0v) is 10.3. The van der Waals surface area contributed by atoms with Gasteiger partial charge in [-0.05, 0) is 17.7 Å². The predicted octanol–water partition coefficient (Wildman–Crippen LogP) is 0.984. The van der Waals surface area contributed by atoms with E-state index in [9.17, 15) is 10.2 Å². The van der Waals surface area contributed by atoms with E-state index in [4.69, 9.17) is 11.6 Å². The first-order chi connectivity index (χ1) is 8.22. The van der Waals surface area contributed by atoms with Gasteiger partial charge in [-0.25, -0.2) is 0 Å². The van der Waals surface area contributed by atoms with Gasteiger partial charge in [0.2, 0.25) is 0 Å². The SMILES string of the molecule is OCC(c1ccc(O)c(Cl)c1)N1CCNCC1. The fourth-order valence-electron chi connectivity index (χ4n) is 2.16. The lowest BCUT2D eigenvalue weighted by atomic mass is 10.1. The van der Waals surface area contributed by atoms with Crippen LogP contribution >= 0.6 is 11.6 Å². The molecule has 1 aromatic carbocycles. The molecule has 2 rings (SSSR count). The summed E-state index contributed by atoms with van der Waals surface area (Å²) in [6, 6.07) is 5.06. The van der Waals surface area contributed by atoms with Crippen molar-refractivity contribution < 1.29 is 10.2 Å². The minimum Gasteiger partial charge on any atom is -0.506 e. The molecule has 1 saturated heterocycles. The maximum Gasteiger partial charge on any atom is 0.134 e. The number of halogens is 1. The molecule has 0 bridgehead atoms. The van der Waals surface area contributed by atoms with Crippen LogP contribution in [0.4, 0.5) is 0 Å². The van der Waals surface area contributed by atoms with Crippen LogP contribution < -0.4 is 5.32 Å². The first-order valence-electron chi connectivity index (χ1n) is 5.76. The molecule has 1 aliphatic rings. The van der Waals surface area contributed by atoms with Crippen LogP contribution in [0.3, 0.4) is 0 Å².